The first-order valence-corrected chi connectivity index (χ1v) is 9.22. The van der Waals surface area contributed by atoms with E-state index in [2.05, 4.69) is 20.5 Å². The monoisotopic (exact) mass is 400 g/mol. The van der Waals surface area contributed by atoms with E-state index in [1.807, 2.05) is 24.3 Å². The number of rotatable bonds is 5. The van der Waals surface area contributed by atoms with Gasteiger partial charge in [0.05, 0.1) is 16.5 Å². The van der Waals surface area contributed by atoms with E-state index in [9.17, 15) is 13.6 Å². The lowest BCUT2D eigenvalue weighted by Gasteiger charge is -2.10. The number of amides is 1. The first-order valence-electron chi connectivity index (χ1n) is 8.34. The van der Waals surface area contributed by atoms with E-state index in [0.29, 0.717) is 12.0 Å². The Hall–Kier alpha value is -3.20. The zero-order valence-electron chi connectivity index (χ0n) is 14.6. The van der Waals surface area contributed by atoms with Crippen molar-refractivity contribution in [2.75, 3.05) is 5.32 Å². The molecule has 2 aromatic carbocycles. The Bertz CT molecular complexity index is 1160. The van der Waals surface area contributed by atoms with Crippen LogP contribution in [0.5, 0.6) is 0 Å². The van der Waals surface area contributed by atoms with Crippen molar-refractivity contribution in [2.45, 2.75) is 17.4 Å². The zero-order chi connectivity index (χ0) is 19.7. The zero-order valence-corrected chi connectivity index (χ0v) is 15.4. The van der Waals surface area contributed by atoms with Crippen LogP contribution in [0.3, 0.4) is 0 Å². The Kier molecular flexibility index (Phi) is 4.82. The van der Waals surface area contributed by atoms with Gasteiger partial charge in [-0.2, -0.15) is 0 Å². The summed E-state index contributed by atoms with van der Waals surface area (Å²) in [6.07, 6.45) is 1.78. The summed E-state index contributed by atoms with van der Waals surface area (Å²) in [5.41, 5.74) is 1.61. The number of carbonyl (C=O) groups is 1. The van der Waals surface area contributed by atoms with Crippen molar-refractivity contribution in [3.05, 3.63) is 60.3 Å². The van der Waals surface area contributed by atoms with Gasteiger partial charge in [-0.3, -0.25) is 4.79 Å². The number of nitrogens with zero attached hydrogens (tertiary/aromatic N) is 2. The highest BCUT2D eigenvalue weighted by Gasteiger charge is 2.21. The van der Waals surface area contributed by atoms with Crippen molar-refractivity contribution in [2.24, 2.45) is 0 Å². The molecule has 142 valence electrons. The number of carbonyl (C=O) groups excluding carboxylic acids is 1. The molecule has 1 amide bonds. The number of nitrogens with one attached hydrogen (secondary N) is 2. The number of halogens is 2. The predicted molar refractivity (Wildman–Crippen MR) is 102 cm³/mol. The number of hydrogen-bond donors (Lipinski definition) is 2. The van der Waals surface area contributed by atoms with E-state index in [4.69, 9.17) is 4.42 Å². The topological polar surface area (TPSA) is 83.8 Å². The van der Waals surface area contributed by atoms with Crippen molar-refractivity contribution in [1.29, 1.82) is 0 Å². The second-order valence-corrected chi connectivity index (χ2v) is 7.29. The van der Waals surface area contributed by atoms with Crippen molar-refractivity contribution in [3.63, 3.8) is 0 Å². The molecule has 4 rings (SSSR count). The highest BCUT2D eigenvalue weighted by Crippen LogP contribution is 2.31. The summed E-state index contributed by atoms with van der Waals surface area (Å²) in [5.74, 6) is -1.70. The molecule has 0 radical (unpaired) electrons. The standard InChI is InChI=1S/C19H14F2N4O2S/c1-10(17(26)23-16-7-6-11(20)8-14(16)21)28-19-25-24-18(27-19)13-9-22-15-5-3-2-4-12(13)15/h2-10,22H,1H3,(H,23,26)/t10-/m0/s1. The van der Waals surface area contributed by atoms with Gasteiger partial charge in [0, 0.05) is 23.2 Å². The van der Waals surface area contributed by atoms with Gasteiger partial charge in [0.2, 0.25) is 5.91 Å². The van der Waals surface area contributed by atoms with Gasteiger partial charge in [-0.1, -0.05) is 30.0 Å². The molecule has 6 nitrogen and oxygen atoms in total. The summed E-state index contributed by atoms with van der Waals surface area (Å²) in [7, 11) is 0. The summed E-state index contributed by atoms with van der Waals surface area (Å²) in [5, 5.41) is 10.9. The summed E-state index contributed by atoms with van der Waals surface area (Å²) in [4.78, 5) is 15.4. The van der Waals surface area contributed by atoms with Gasteiger partial charge in [-0.15, -0.1) is 10.2 Å². The third-order valence-corrected chi connectivity index (χ3v) is 5.00. The van der Waals surface area contributed by atoms with Gasteiger partial charge in [0.25, 0.3) is 11.1 Å². The minimum Gasteiger partial charge on any atom is -0.411 e. The highest BCUT2D eigenvalue weighted by atomic mass is 32.2. The summed E-state index contributed by atoms with van der Waals surface area (Å²) < 4.78 is 32.3. The molecule has 28 heavy (non-hydrogen) atoms. The average Bonchev–Trinajstić information content (AvgIpc) is 3.30. The number of para-hydroxylation sites is 1. The van der Waals surface area contributed by atoms with Crippen LogP contribution in [0.25, 0.3) is 22.4 Å². The maximum atomic E-state index is 13.7. The lowest BCUT2D eigenvalue weighted by molar-refractivity contribution is -0.115. The minimum absolute atomic E-state index is 0.0936. The van der Waals surface area contributed by atoms with Crippen LogP contribution in [0, 0.1) is 11.6 Å². The van der Waals surface area contributed by atoms with Crippen molar-refractivity contribution in [3.8, 4) is 11.5 Å². The van der Waals surface area contributed by atoms with Crippen LogP contribution >= 0.6 is 11.8 Å². The number of fused-ring (bicyclic) bond motifs is 1. The van der Waals surface area contributed by atoms with E-state index in [1.165, 1.54) is 6.07 Å². The quantitative estimate of drug-likeness (QED) is 0.478. The molecule has 0 bridgehead atoms. The fourth-order valence-electron chi connectivity index (χ4n) is 2.64. The van der Waals surface area contributed by atoms with Crippen LogP contribution in [0.2, 0.25) is 0 Å². The molecule has 9 heteroatoms. The van der Waals surface area contributed by atoms with E-state index in [-0.39, 0.29) is 10.9 Å². The van der Waals surface area contributed by atoms with Gasteiger partial charge in [0.15, 0.2) is 0 Å². The Morgan fingerprint density at radius 1 is 1.21 bits per heavy atom. The molecule has 0 spiro atoms. The fourth-order valence-corrected chi connectivity index (χ4v) is 3.33. The Morgan fingerprint density at radius 2 is 2.04 bits per heavy atom. The maximum Gasteiger partial charge on any atom is 0.277 e. The van der Waals surface area contributed by atoms with E-state index >= 15 is 0 Å². The molecule has 2 N–H and O–H groups in total. The predicted octanol–water partition coefficient (Wildman–Crippen LogP) is 4.62. The second-order valence-electron chi connectivity index (χ2n) is 5.99. The number of benzene rings is 2. The first kappa shape index (κ1) is 18.2. The van der Waals surface area contributed by atoms with Gasteiger partial charge < -0.3 is 14.7 Å². The van der Waals surface area contributed by atoms with E-state index < -0.39 is 22.8 Å². The van der Waals surface area contributed by atoms with E-state index in [1.54, 1.807) is 13.1 Å². The third-order valence-electron chi connectivity index (χ3n) is 4.06. The van der Waals surface area contributed by atoms with Crippen LogP contribution < -0.4 is 5.32 Å². The maximum absolute atomic E-state index is 13.7. The SMILES string of the molecule is C[C@H](Sc1nnc(-c2c[nH]c3ccccc23)o1)C(=O)Nc1ccc(F)cc1F. The molecule has 0 saturated carbocycles. The molecule has 0 fully saturated rings. The van der Waals surface area contributed by atoms with Crippen LogP contribution in [0.15, 0.2) is 58.3 Å². The highest BCUT2D eigenvalue weighted by molar-refractivity contribution is 8.00. The average molecular weight is 400 g/mol. The van der Waals surface area contributed by atoms with Crippen molar-refractivity contribution < 1.29 is 18.0 Å². The normalized spacial score (nSPS) is 12.2. The number of thioether (sulfide) groups is 1. The van der Waals surface area contributed by atoms with Crippen LogP contribution in [-0.4, -0.2) is 26.3 Å². The van der Waals surface area contributed by atoms with Gasteiger partial charge >= 0.3 is 0 Å². The molecule has 0 aliphatic rings. The molecule has 2 aromatic heterocycles. The summed E-state index contributed by atoms with van der Waals surface area (Å²) >= 11 is 1.04. The summed E-state index contributed by atoms with van der Waals surface area (Å²) in [6.45, 7) is 1.62. The number of H-pyrrole nitrogens is 1. The van der Waals surface area contributed by atoms with Gasteiger partial charge in [-0.25, -0.2) is 8.78 Å². The molecule has 0 unspecified atom stereocenters. The molecule has 0 aliphatic heterocycles. The number of aromatic nitrogens is 3. The van der Waals surface area contributed by atoms with Crippen molar-refractivity contribution in [1.82, 2.24) is 15.2 Å². The minimum atomic E-state index is -0.843. The van der Waals surface area contributed by atoms with Crippen LogP contribution in [-0.2, 0) is 4.79 Å². The molecular weight excluding hydrogens is 386 g/mol. The third kappa shape index (κ3) is 3.61. The van der Waals surface area contributed by atoms with Crippen molar-refractivity contribution >= 4 is 34.3 Å². The molecular formula is C19H14F2N4O2S. The number of anilines is 1. The van der Waals surface area contributed by atoms with Gasteiger partial charge in [0.1, 0.15) is 11.6 Å². The summed E-state index contributed by atoms with van der Waals surface area (Å²) in [6, 6.07) is 10.6. The Morgan fingerprint density at radius 3 is 2.86 bits per heavy atom. The Balaban J connectivity index is 1.46. The molecule has 1 atom stereocenters. The molecule has 0 saturated heterocycles. The lowest BCUT2D eigenvalue weighted by Crippen LogP contribution is -2.23. The van der Waals surface area contributed by atoms with Gasteiger partial charge in [-0.05, 0) is 25.1 Å². The smallest absolute Gasteiger partial charge is 0.277 e. The largest absolute Gasteiger partial charge is 0.411 e. The lowest BCUT2D eigenvalue weighted by atomic mass is 10.2. The number of hydrogen-bond acceptors (Lipinski definition) is 5. The Labute approximate surface area is 162 Å². The second kappa shape index (κ2) is 7.43. The molecule has 0 aliphatic carbocycles. The van der Waals surface area contributed by atoms with Crippen LogP contribution in [0.1, 0.15) is 6.92 Å². The number of aromatic amines is 1. The molecule has 2 heterocycles. The fraction of sp³-hybridized carbons (Fsp3) is 0.105. The first-order chi connectivity index (χ1) is 13.5. The molecule has 4 aromatic rings. The van der Waals surface area contributed by atoms with E-state index in [0.717, 1.165) is 34.3 Å². The van der Waals surface area contributed by atoms with Crippen LogP contribution in [0.4, 0.5) is 14.5 Å².